The first-order chi connectivity index (χ1) is 12.8. The van der Waals surface area contributed by atoms with Gasteiger partial charge in [0.1, 0.15) is 5.56 Å². The Morgan fingerprint density at radius 1 is 1.27 bits per heavy atom. The third-order valence-electron chi connectivity index (χ3n) is 4.59. The zero-order valence-electron chi connectivity index (χ0n) is 14.5. The number of thioether (sulfide) groups is 1. The maximum atomic E-state index is 12.9. The second-order valence-corrected chi connectivity index (χ2v) is 7.42. The van der Waals surface area contributed by atoms with Crippen molar-refractivity contribution in [2.75, 3.05) is 32.7 Å². The van der Waals surface area contributed by atoms with Crippen LogP contribution in [0.3, 0.4) is 0 Å². The van der Waals surface area contributed by atoms with E-state index in [9.17, 15) is 4.79 Å². The molecule has 7 heteroatoms. The van der Waals surface area contributed by atoms with Crippen molar-refractivity contribution in [3.63, 3.8) is 0 Å². The molecule has 4 rings (SSSR count). The smallest absolute Gasteiger partial charge is 0.259 e. The van der Waals surface area contributed by atoms with E-state index in [0.717, 1.165) is 23.7 Å². The van der Waals surface area contributed by atoms with Crippen LogP contribution >= 0.6 is 11.8 Å². The minimum Gasteiger partial charge on any atom is -0.480 e. The van der Waals surface area contributed by atoms with E-state index in [-0.39, 0.29) is 12.7 Å². The van der Waals surface area contributed by atoms with E-state index in [1.165, 1.54) is 12.7 Å². The molecule has 1 atom stereocenters. The number of pyridine rings is 1. The Morgan fingerprint density at radius 3 is 3.04 bits per heavy atom. The van der Waals surface area contributed by atoms with Gasteiger partial charge in [-0.1, -0.05) is 6.07 Å². The predicted molar refractivity (Wildman–Crippen MR) is 99.1 cm³/mol. The van der Waals surface area contributed by atoms with Crippen LogP contribution in [0.15, 0.2) is 36.5 Å². The standard InChI is InChI=1S/C19H20N2O4S/c1-23-18-14(3-2-7-20-18)19(22)21-8-6-17(26-10-9-21)13-4-5-15-16(11-13)25-12-24-15/h2-5,7,11,17H,6,8-10,12H2,1H3. The highest BCUT2D eigenvalue weighted by Gasteiger charge is 2.26. The number of nitrogens with zero attached hydrogens (tertiary/aromatic N) is 2. The van der Waals surface area contributed by atoms with Crippen LogP contribution in [0.5, 0.6) is 17.4 Å². The molecule has 1 unspecified atom stereocenters. The average Bonchev–Trinajstić information content (AvgIpc) is 3.02. The molecule has 1 aromatic carbocycles. The summed E-state index contributed by atoms with van der Waals surface area (Å²) in [5.41, 5.74) is 1.73. The van der Waals surface area contributed by atoms with Crippen LogP contribution < -0.4 is 14.2 Å². The van der Waals surface area contributed by atoms with E-state index < -0.39 is 0 Å². The van der Waals surface area contributed by atoms with Crippen molar-refractivity contribution in [1.29, 1.82) is 0 Å². The zero-order valence-corrected chi connectivity index (χ0v) is 15.3. The number of ether oxygens (including phenoxy) is 3. The summed E-state index contributed by atoms with van der Waals surface area (Å²) in [7, 11) is 1.53. The summed E-state index contributed by atoms with van der Waals surface area (Å²) < 4.78 is 16.1. The maximum absolute atomic E-state index is 12.9. The van der Waals surface area contributed by atoms with E-state index in [1.54, 1.807) is 18.3 Å². The summed E-state index contributed by atoms with van der Waals surface area (Å²) in [6, 6.07) is 9.64. The van der Waals surface area contributed by atoms with Crippen molar-refractivity contribution in [2.45, 2.75) is 11.7 Å². The normalized spacial score (nSPS) is 19.1. The minimum absolute atomic E-state index is 0.0260. The highest BCUT2D eigenvalue weighted by atomic mass is 32.2. The van der Waals surface area contributed by atoms with E-state index in [2.05, 4.69) is 17.1 Å². The first-order valence-electron chi connectivity index (χ1n) is 8.55. The predicted octanol–water partition coefficient (Wildman–Crippen LogP) is 3.14. The Bertz CT molecular complexity index is 814. The van der Waals surface area contributed by atoms with Gasteiger partial charge in [-0.15, -0.1) is 0 Å². The number of hydrogen-bond acceptors (Lipinski definition) is 6. The fourth-order valence-electron chi connectivity index (χ4n) is 3.24. The van der Waals surface area contributed by atoms with Crippen LogP contribution in [0.25, 0.3) is 0 Å². The van der Waals surface area contributed by atoms with Crippen molar-refractivity contribution in [3.05, 3.63) is 47.7 Å². The Kier molecular flexibility index (Phi) is 4.88. The number of rotatable bonds is 3. The molecule has 136 valence electrons. The SMILES string of the molecule is COc1ncccc1C(=O)N1CCSC(c2ccc3c(c2)OCO3)CC1. The summed E-state index contributed by atoms with van der Waals surface area (Å²) >= 11 is 1.87. The number of fused-ring (bicyclic) bond motifs is 1. The molecule has 0 spiro atoms. The van der Waals surface area contributed by atoms with Gasteiger partial charge < -0.3 is 19.1 Å². The van der Waals surface area contributed by atoms with Crippen LogP contribution in [0, 0.1) is 0 Å². The van der Waals surface area contributed by atoms with Crippen LogP contribution in [0.1, 0.15) is 27.6 Å². The Labute approximate surface area is 156 Å². The Morgan fingerprint density at radius 2 is 2.15 bits per heavy atom. The quantitative estimate of drug-likeness (QED) is 0.825. The highest BCUT2D eigenvalue weighted by Crippen LogP contribution is 2.40. The van der Waals surface area contributed by atoms with Crippen molar-refractivity contribution in [3.8, 4) is 17.4 Å². The van der Waals surface area contributed by atoms with Crippen molar-refractivity contribution in [1.82, 2.24) is 9.88 Å². The van der Waals surface area contributed by atoms with Gasteiger partial charge in [-0.25, -0.2) is 4.98 Å². The fourth-order valence-corrected chi connectivity index (χ4v) is 4.46. The number of hydrogen-bond donors (Lipinski definition) is 0. The minimum atomic E-state index is -0.0260. The Balaban J connectivity index is 1.47. The number of amides is 1. The Hall–Kier alpha value is -2.41. The van der Waals surface area contributed by atoms with E-state index in [1.807, 2.05) is 22.7 Å². The zero-order chi connectivity index (χ0) is 17.9. The molecule has 2 aromatic rings. The van der Waals surface area contributed by atoms with Crippen molar-refractivity contribution in [2.24, 2.45) is 0 Å². The van der Waals surface area contributed by atoms with Crippen molar-refractivity contribution >= 4 is 17.7 Å². The molecule has 1 fully saturated rings. The molecule has 6 nitrogen and oxygen atoms in total. The lowest BCUT2D eigenvalue weighted by Gasteiger charge is -2.21. The average molecular weight is 372 g/mol. The maximum Gasteiger partial charge on any atom is 0.259 e. The second-order valence-electron chi connectivity index (χ2n) is 6.11. The molecule has 2 aliphatic heterocycles. The molecule has 0 N–H and O–H groups in total. The summed E-state index contributed by atoms with van der Waals surface area (Å²) in [6.07, 6.45) is 2.52. The van der Waals surface area contributed by atoms with Gasteiger partial charge in [-0.2, -0.15) is 11.8 Å². The number of methoxy groups -OCH3 is 1. The molecular weight excluding hydrogens is 352 g/mol. The molecule has 0 aliphatic carbocycles. The molecule has 3 heterocycles. The fraction of sp³-hybridized carbons (Fsp3) is 0.368. The van der Waals surface area contributed by atoms with Gasteiger partial charge in [-0.3, -0.25) is 4.79 Å². The number of carbonyl (C=O) groups is 1. The van der Waals surface area contributed by atoms with Gasteiger partial charge in [-0.05, 0) is 36.2 Å². The van der Waals surface area contributed by atoms with Crippen LogP contribution in [-0.4, -0.2) is 48.5 Å². The first kappa shape index (κ1) is 17.0. The first-order valence-corrected chi connectivity index (χ1v) is 9.60. The number of benzene rings is 1. The van der Waals surface area contributed by atoms with Gasteiger partial charge in [0.25, 0.3) is 5.91 Å². The van der Waals surface area contributed by atoms with Crippen molar-refractivity contribution < 1.29 is 19.0 Å². The third-order valence-corrected chi connectivity index (χ3v) is 5.92. The van der Waals surface area contributed by atoms with Crippen LogP contribution in [0.2, 0.25) is 0 Å². The highest BCUT2D eigenvalue weighted by molar-refractivity contribution is 7.99. The monoisotopic (exact) mass is 372 g/mol. The van der Waals surface area contributed by atoms with E-state index in [4.69, 9.17) is 14.2 Å². The summed E-state index contributed by atoms with van der Waals surface area (Å²) in [5, 5.41) is 0.332. The van der Waals surface area contributed by atoms with Gasteiger partial charge in [0.15, 0.2) is 11.5 Å². The molecule has 1 saturated heterocycles. The summed E-state index contributed by atoms with van der Waals surface area (Å²) in [6.45, 7) is 1.69. The van der Waals surface area contributed by atoms with Gasteiger partial charge in [0.2, 0.25) is 12.7 Å². The second kappa shape index (κ2) is 7.45. The lowest BCUT2D eigenvalue weighted by molar-refractivity contribution is 0.0762. The van der Waals surface area contributed by atoms with Crippen LogP contribution in [-0.2, 0) is 0 Å². The van der Waals surface area contributed by atoms with E-state index in [0.29, 0.717) is 29.8 Å². The molecule has 1 amide bonds. The molecule has 0 bridgehead atoms. The molecule has 2 aliphatic rings. The summed E-state index contributed by atoms with van der Waals surface area (Å²) in [4.78, 5) is 18.9. The molecular formula is C19H20N2O4S. The summed E-state index contributed by atoms with van der Waals surface area (Å²) in [5.74, 6) is 2.84. The lowest BCUT2D eigenvalue weighted by Crippen LogP contribution is -2.33. The van der Waals surface area contributed by atoms with Gasteiger partial charge >= 0.3 is 0 Å². The lowest BCUT2D eigenvalue weighted by atomic mass is 10.1. The largest absolute Gasteiger partial charge is 0.480 e. The molecule has 1 aromatic heterocycles. The third kappa shape index (κ3) is 3.31. The topological polar surface area (TPSA) is 60.9 Å². The van der Waals surface area contributed by atoms with Gasteiger partial charge in [0.05, 0.1) is 7.11 Å². The van der Waals surface area contributed by atoms with Crippen LogP contribution in [0.4, 0.5) is 0 Å². The van der Waals surface area contributed by atoms with Gasteiger partial charge in [0, 0.05) is 30.3 Å². The van der Waals surface area contributed by atoms with E-state index >= 15 is 0 Å². The molecule has 0 radical (unpaired) electrons. The number of aromatic nitrogens is 1. The molecule has 26 heavy (non-hydrogen) atoms. The number of carbonyl (C=O) groups excluding carboxylic acids is 1. The molecule has 0 saturated carbocycles.